The van der Waals surface area contributed by atoms with Gasteiger partial charge in [0.1, 0.15) is 0 Å². The van der Waals surface area contributed by atoms with E-state index in [9.17, 15) is 5.11 Å². The number of aliphatic hydroxyl groups is 1. The van der Waals surface area contributed by atoms with Crippen LogP contribution >= 0.6 is 0 Å². The molecular weight excluding hydrogens is 268 g/mol. The molecule has 0 bridgehead atoms. The van der Waals surface area contributed by atoms with Gasteiger partial charge < -0.3 is 20.2 Å². The molecule has 2 unspecified atom stereocenters. The topological polar surface area (TPSA) is 77.4 Å². The first kappa shape index (κ1) is 15.8. The van der Waals surface area contributed by atoms with Crippen molar-refractivity contribution in [1.29, 1.82) is 0 Å². The monoisotopic (exact) mass is 294 g/mol. The number of likely N-dealkylation sites (N-methyl/N-ethyl adjacent to an activating group) is 1. The number of hydrogen-bond acceptors (Lipinski definition) is 7. The molecule has 0 radical (unpaired) electrons. The van der Waals surface area contributed by atoms with Crippen molar-refractivity contribution >= 4 is 17.8 Å². The number of nitrogens with zero attached hydrogens (tertiary/aromatic N) is 5. The Bertz CT molecular complexity index is 467. The van der Waals surface area contributed by atoms with Gasteiger partial charge >= 0.3 is 0 Å². The minimum atomic E-state index is -0.314. The Morgan fingerprint density at radius 1 is 1.10 bits per heavy atom. The lowest BCUT2D eigenvalue weighted by Crippen LogP contribution is -2.44. The quantitative estimate of drug-likeness (QED) is 0.842. The maximum atomic E-state index is 10.2. The zero-order chi connectivity index (χ0) is 15.4. The fraction of sp³-hybridized carbons (Fsp3) is 0.786. The van der Waals surface area contributed by atoms with Crippen LogP contribution in [-0.2, 0) is 0 Å². The maximum absolute atomic E-state index is 10.2. The van der Waals surface area contributed by atoms with Crippen molar-refractivity contribution in [3.63, 3.8) is 0 Å². The number of rotatable bonds is 5. The van der Waals surface area contributed by atoms with Crippen LogP contribution in [0.5, 0.6) is 0 Å². The molecule has 1 saturated carbocycles. The van der Waals surface area contributed by atoms with E-state index in [1.165, 1.54) is 0 Å². The largest absolute Gasteiger partial charge is 0.391 e. The van der Waals surface area contributed by atoms with Crippen LogP contribution in [0.25, 0.3) is 0 Å². The first-order valence-corrected chi connectivity index (χ1v) is 7.61. The van der Waals surface area contributed by atoms with Gasteiger partial charge in [-0.1, -0.05) is 12.8 Å². The number of anilines is 3. The van der Waals surface area contributed by atoms with Gasteiger partial charge in [0, 0.05) is 27.7 Å². The van der Waals surface area contributed by atoms with Crippen molar-refractivity contribution in [1.82, 2.24) is 15.0 Å². The van der Waals surface area contributed by atoms with Crippen LogP contribution in [0.3, 0.4) is 0 Å². The lowest BCUT2D eigenvalue weighted by Gasteiger charge is -2.35. The van der Waals surface area contributed by atoms with Crippen molar-refractivity contribution in [2.75, 3.05) is 42.8 Å². The van der Waals surface area contributed by atoms with Crippen LogP contribution in [0.2, 0.25) is 0 Å². The molecule has 1 aromatic rings. The van der Waals surface area contributed by atoms with Crippen molar-refractivity contribution in [3.8, 4) is 0 Å². The molecule has 2 atom stereocenters. The molecule has 0 aliphatic heterocycles. The Morgan fingerprint density at radius 2 is 1.76 bits per heavy atom. The van der Waals surface area contributed by atoms with E-state index < -0.39 is 0 Å². The van der Waals surface area contributed by atoms with Gasteiger partial charge in [0.05, 0.1) is 12.1 Å². The minimum Gasteiger partial charge on any atom is -0.391 e. The molecule has 0 aromatic carbocycles. The standard InChI is InChI=1S/C14H26N6O/c1-5-15-12-16-13(19(2)3)18-14(17-12)20(4)10-8-6-7-9-11(10)21/h10-11,21H,5-9H2,1-4H3,(H,15,16,17,18). The average Bonchev–Trinajstić information content (AvgIpc) is 2.47. The summed E-state index contributed by atoms with van der Waals surface area (Å²) < 4.78 is 0. The molecule has 1 fully saturated rings. The Kier molecular flexibility index (Phi) is 5.17. The number of aromatic nitrogens is 3. The van der Waals surface area contributed by atoms with E-state index in [2.05, 4.69) is 20.3 Å². The van der Waals surface area contributed by atoms with E-state index in [0.29, 0.717) is 17.8 Å². The molecule has 7 heteroatoms. The summed E-state index contributed by atoms with van der Waals surface area (Å²) in [7, 11) is 5.76. The fourth-order valence-electron chi connectivity index (χ4n) is 2.64. The zero-order valence-electron chi connectivity index (χ0n) is 13.4. The maximum Gasteiger partial charge on any atom is 0.232 e. The number of aliphatic hydroxyl groups excluding tert-OH is 1. The van der Waals surface area contributed by atoms with E-state index in [-0.39, 0.29) is 12.1 Å². The molecule has 0 amide bonds. The summed E-state index contributed by atoms with van der Waals surface area (Å²) in [5.74, 6) is 1.80. The number of hydrogen-bond donors (Lipinski definition) is 2. The molecule has 1 heterocycles. The molecule has 118 valence electrons. The van der Waals surface area contributed by atoms with Gasteiger partial charge in [-0.05, 0) is 19.8 Å². The van der Waals surface area contributed by atoms with Crippen molar-refractivity contribution in [2.45, 2.75) is 44.8 Å². The van der Waals surface area contributed by atoms with Crippen LogP contribution in [0, 0.1) is 0 Å². The summed E-state index contributed by atoms with van der Waals surface area (Å²) in [5.41, 5.74) is 0. The van der Waals surface area contributed by atoms with Gasteiger partial charge in [0.25, 0.3) is 0 Å². The molecule has 7 nitrogen and oxygen atoms in total. The van der Waals surface area contributed by atoms with Crippen LogP contribution in [0.15, 0.2) is 0 Å². The minimum absolute atomic E-state index is 0.0747. The van der Waals surface area contributed by atoms with Crippen molar-refractivity contribution in [3.05, 3.63) is 0 Å². The second-order valence-corrected chi connectivity index (χ2v) is 5.71. The summed E-state index contributed by atoms with van der Waals surface area (Å²) in [6.07, 6.45) is 3.73. The molecule has 0 spiro atoms. The second kappa shape index (κ2) is 6.89. The van der Waals surface area contributed by atoms with Gasteiger partial charge in [-0.3, -0.25) is 0 Å². The average molecular weight is 294 g/mol. The fourth-order valence-corrected chi connectivity index (χ4v) is 2.64. The third-order valence-electron chi connectivity index (χ3n) is 3.85. The molecule has 21 heavy (non-hydrogen) atoms. The lowest BCUT2D eigenvalue weighted by atomic mass is 9.92. The van der Waals surface area contributed by atoms with E-state index >= 15 is 0 Å². The highest BCUT2D eigenvalue weighted by Gasteiger charge is 2.28. The zero-order valence-corrected chi connectivity index (χ0v) is 13.4. The van der Waals surface area contributed by atoms with E-state index in [0.717, 1.165) is 32.2 Å². The first-order valence-electron chi connectivity index (χ1n) is 7.61. The van der Waals surface area contributed by atoms with Gasteiger partial charge in [0.2, 0.25) is 17.8 Å². The SMILES string of the molecule is CCNc1nc(N(C)C)nc(N(C)C2CCCCC2O)n1. The number of nitrogens with one attached hydrogen (secondary N) is 1. The summed E-state index contributed by atoms with van der Waals surface area (Å²) in [5, 5.41) is 13.3. The summed E-state index contributed by atoms with van der Waals surface area (Å²) in [6.45, 7) is 2.76. The smallest absolute Gasteiger partial charge is 0.232 e. The van der Waals surface area contributed by atoms with Crippen LogP contribution in [0.4, 0.5) is 17.8 Å². The third kappa shape index (κ3) is 3.72. The van der Waals surface area contributed by atoms with Gasteiger partial charge in [-0.25, -0.2) is 0 Å². The van der Waals surface area contributed by atoms with Gasteiger partial charge in [-0.15, -0.1) is 0 Å². The lowest BCUT2D eigenvalue weighted by molar-refractivity contribution is 0.105. The predicted octanol–water partition coefficient (Wildman–Crippen LogP) is 1.11. The highest BCUT2D eigenvalue weighted by molar-refractivity contribution is 5.44. The Labute approximate surface area is 126 Å². The summed E-state index contributed by atoms with van der Waals surface area (Å²) in [6, 6.07) is 0.0747. The molecule has 2 rings (SSSR count). The second-order valence-electron chi connectivity index (χ2n) is 5.71. The molecule has 2 N–H and O–H groups in total. The highest BCUT2D eigenvalue weighted by Crippen LogP contribution is 2.25. The molecule has 1 aliphatic rings. The van der Waals surface area contributed by atoms with Crippen LogP contribution < -0.4 is 15.1 Å². The normalized spacial score (nSPS) is 22.0. The summed E-state index contributed by atoms with van der Waals surface area (Å²) >= 11 is 0. The Morgan fingerprint density at radius 3 is 2.38 bits per heavy atom. The van der Waals surface area contributed by atoms with Crippen molar-refractivity contribution < 1.29 is 5.11 Å². The Hall–Kier alpha value is -1.63. The highest BCUT2D eigenvalue weighted by atomic mass is 16.3. The van der Waals surface area contributed by atoms with E-state index in [4.69, 9.17) is 0 Å². The van der Waals surface area contributed by atoms with E-state index in [1.807, 2.05) is 37.9 Å². The molecular formula is C14H26N6O. The molecule has 1 aliphatic carbocycles. The van der Waals surface area contributed by atoms with Gasteiger partial charge in [0.15, 0.2) is 0 Å². The van der Waals surface area contributed by atoms with E-state index in [1.54, 1.807) is 0 Å². The predicted molar refractivity (Wildman–Crippen MR) is 85.0 cm³/mol. The van der Waals surface area contributed by atoms with Gasteiger partial charge in [-0.2, -0.15) is 15.0 Å². The van der Waals surface area contributed by atoms with Crippen LogP contribution in [-0.4, -0.2) is 59.9 Å². The molecule has 0 saturated heterocycles. The molecule has 1 aromatic heterocycles. The third-order valence-corrected chi connectivity index (χ3v) is 3.85. The van der Waals surface area contributed by atoms with Crippen molar-refractivity contribution in [2.24, 2.45) is 0 Å². The Balaban J connectivity index is 2.27. The summed E-state index contributed by atoms with van der Waals surface area (Å²) in [4.78, 5) is 17.2. The first-order chi connectivity index (χ1) is 10.0. The van der Waals surface area contributed by atoms with Crippen LogP contribution in [0.1, 0.15) is 32.6 Å².